The van der Waals surface area contributed by atoms with E-state index in [1.165, 1.54) is 141 Å². The molecule has 0 aliphatic carbocycles. The van der Waals surface area contributed by atoms with Gasteiger partial charge in [-0.25, -0.2) is 0 Å². The van der Waals surface area contributed by atoms with Crippen molar-refractivity contribution in [2.45, 2.75) is 227 Å². The first kappa shape index (κ1) is 58.4. The number of nitrogens with two attached hydrogens (primary N) is 1. The molecule has 0 aromatic rings. The minimum Gasteiger partial charge on any atom is -0.852 e. The minimum atomic E-state index is -1.22. The van der Waals surface area contributed by atoms with Crippen LogP contribution in [0, 0.1) is 11.8 Å². The molecule has 0 fully saturated rings. The van der Waals surface area contributed by atoms with E-state index in [1.54, 1.807) is 13.8 Å². The first-order valence-corrected chi connectivity index (χ1v) is 20.2. The predicted octanol–water partition coefficient (Wildman–Crippen LogP) is 7.16. The van der Waals surface area contributed by atoms with Crippen LogP contribution in [0.3, 0.4) is 0 Å². The molecular formula is C41H81NO7Ti. The second-order valence-electron chi connectivity index (χ2n) is 14.7. The maximum atomic E-state index is 10.2. The van der Waals surface area contributed by atoms with Gasteiger partial charge in [-0.1, -0.05) is 196 Å². The van der Waals surface area contributed by atoms with Crippen LogP contribution in [0.25, 0.3) is 0 Å². The zero-order chi connectivity index (χ0) is 38.0. The average molecular weight is 748 g/mol. The number of rotatable bonds is 31. The summed E-state index contributed by atoms with van der Waals surface area (Å²) < 4.78 is 0. The van der Waals surface area contributed by atoms with E-state index in [1.807, 2.05) is 0 Å². The monoisotopic (exact) mass is 748 g/mol. The SMILES string of the molecule is CC(C)CCCCCCCCCCCCCCC(=O)[O-].CC(C)CCCCCCCCCCCCCCC(=O)[O-].CC(C)[O-].NCC(=O)[O-].[Ti+4]. The average Bonchev–Trinajstić information content (AvgIpc) is 3.01. The first-order chi connectivity index (χ1) is 23.3. The molecule has 0 aromatic heterocycles. The summed E-state index contributed by atoms with van der Waals surface area (Å²) in [7, 11) is 0. The van der Waals surface area contributed by atoms with Gasteiger partial charge in [-0.15, -0.1) is 6.10 Å². The van der Waals surface area contributed by atoms with E-state index in [0.29, 0.717) is 0 Å². The molecule has 0 rings (SSSR count). The molecule has 0 saturated carbocycles. The van der Waals surface area contributed by atoms with Crippen molar-refractivity contribution in [3.8, 4) is 0 Å². The zero-order valence-corrected chi connectivity index (χ0v) is 35.2. The van der Waals surface area contributed by atoms with Gasteiger partial charge in [-0.2, -0.15) is 0 Å². The summed E-state index contributed by atoms with van der Waals surface area (Å²) in [4.78, 5) is 29.6. The van der Waals surface area contributed by atoms with Crippen molar-refractivity contribution in [1.29, 1.82) is 0 Å². The first-order valence-electron chi connectivity index (χ1n) is 20.2. The third kappa shape index (κ3) is 81.2. The molecule has 296 valence electrons. The van der Waals surface area contributed by atoms with E-state index >= 15 is 0 Å². The van der Waals surface area contributed by atoms with E-state index in [-0.39, 0.29) is 41.1 Å². The number of aliphatic carboxylic acids is 3. The number of carbonyl (C=O) groups excluding carboxylic acids is 3. The quantitative estimate of drug-likeness (QED) is 0.0576. The van der Waals surface area contributed by atoms with Crippen LogP contribution in [-0.2, 0) is 36.1 Å². The fourth-order valence-electron chi connectivity index (χ4n) is 5.18. The molecule has 0 bridgehead atoms. The Hall–Kier alpha value is -0.956. The van der Waals surface area contributed by atoms with Gasteiger partial charge in [0.05, 0.1) is 5.97 Å². The molecule has 9 heteroatoms. The minimum absolute atomic E-state index is 0. The largest absolute Gasteiger partial charge is 4.00 e. The Morgan fingerprint density at radius 2 is 0.560 bits per heavy atom. The van der Waals surface area contributed by atoms with Crippen LogP contribution in [0.4, 0.5) is 0 Å². The summed E-state index contributed by atoms with van der Waals surface area (Å²) in [5.41, 5.74) is 4.51. The van der Waals surface area contributed by atoms with Gasteiger partial charge in [0.25, 0.3) is 0 Å². The van der Waals surface area contributed by atoms with E-state index < -0.39 is 24.0 Å². The van der Waals surface area contributed by atoms with Crippen molar-refractivity contribution >= 4 is 17.9 Å². The summed E-state index contributed by atoms with van der Waals surface area (Å²) in [6, 6.07) is 0. The van der Waals surface area contributed by atoms with Gasteiger partial charge < -0.3 is 40.5 Å². The van der Waals surface area contributed by atoms with Crippen LogP contribution < -0.4 is 26.2 Å². The molecule has 0 spiro atoms. The van der Waals surface area contributed by atoms with E-state index in [9.17, 15) is 24.9 Å². The summed E-state index contributed by atoms with van der Waals surface area (Å²) >= 11 is 0. The van der Waals surface area contributed by atoms with E-state index in [2.05, 4.69) is 33.4 Å². The maximum absolute atomic E-state index is 10.2. The summed E-state index contributed by atoms with van der Waals surface area (Å²) in [5.74, 6) is -1.30. The Balaban J connectivity index is -0.000000213. The van der Waals surface area contributed by atoms with Crippen molar-refractivity contribution in [3.63, 3.8) is 0 Å². The molecule has 0 saturated heterocycles. The van der Waals surface area contributed by atoms with Gasteiger partial charge >= 0.3 is 21.7 Å². The van der Waals surface area contributed by atoms with Crippen LogP contribution in [0.2, 0.25) is 0 Å². The molecule has 0 amide bonds. The van der Waals surface area contributed by atoms with Gasteiger partial charge in [-0.05, 0) is 37.5 Å². The van der Waals surface area contributed by atoms with Crippen LogP contribution in [0.5, 0.6) is 0 Å². The van der Waals surface area contributed by atoms with Crippen molar-refractivity contribution in [2.75, 3.05) is 6.54 Å². The van der Waals surface area contributed by atoms with Crippen molar-refractivity contribution < 1.29 is 56.5 Å². The third-order valence-corrected chi connectivity index (χ3v) is 7.99. The molecule has 2 N–H and O–H groups in total. The smallest absolute Gasteiger partial charge is 0.852 e. The Labute approximate surface area is 324 Å². The normalized spacial score (nSPS) is 10.4. The van der Waals surface area contributed by atoms with Crippen LogP contribution in [0.1, 0.15) is 221 Å². The number of carboxylic acids is 3. The maximum Gasteiger partial charge on any atom is 4.00 e. The van der Waals surface area contributed by atoms with Crippen molar-refractivity contribution in [1.82, 2.24) is 0 Å². The number of hydrogen-bond donors (Lipinski definition) is 1. The van der Waals surface area contributed by atoms with Gasteiger partial charge in [0, 0.05) is 18.5 Å². The van der Waals surface area contributed by atoms with Gasteiger partial charge in [-0.3, -0.25) is 0 Å². The molecule has 0 unspecified atom stereocenters. The summed E-state index contributed by atoms with van der Waals surface area (Å²) in [6.07, 6.45) is 33.6. The number of carboxylic acid groups (broad SMARTS) is 3. The van der Waals surface area contributed by atoms with Crippen LogP contribution in [-0.4, -0.2) is 30.6 Å². The summed E-state index contributed by atoms with van der Waals surface area (Å²) in [5, 5.41) is 39.1. The Morgan fingerprint density at radius 1 is 0.400 bits per heavy atom. The van der Waals surface area contributed by atoms with Crippen molar-refractivity contribution in [3.05, 3.63) is 0 Å². The second kappa shape index (κ2) is 50.2. The molecule has 0 radical (unpaired) electrons. The van der Waals surface area contributed by atoms with Crippen molar-refractivity contribution in [2.24, 2.45) is 17.6 Å². The Bertz CT molecular complexity index is 627. The number of hydrogen-bond acceptors (Lipinski definition) is 8. The number of carbonyl (C=O) groups is 3. The molecule has 0 aliphatic heterocycles. The Kier molecular flexibility index (Phi) is 58.5. The second-order valence-corrected chi connectivity index (χ2v) is 14.7. The van der Waals surface area contributed by atoms with Gasteiger partial charge in [0.1, 0.15) is 0 Å². The molecular weight excluding hydrogens is 666 g/mol. The molecule has 0 atom stereocenters. The third-order valence-electron chi connectivity index (χ3n) is 7.99. The molecule has 8 nitrogen and oxygen atoms in total. The van der Waals surface area contributed by atoms with E-state index in [4.69, 9.17) is 9.90 Å². The van der Waals surface area contributed by atoms with Gasteiger partial charge in [0.15, 0.2) is 0 Å². The topological polar surface area (TPSA) is 169 Å². The van der Waals surface area contributed by atoms with Gasteiger partial charge in [0.2, 0.25) is 0 Å². The molecule has 0 heterocycles. The molecule has 0 aromatic carbocycles. The molecule has 0 aliphatic rings. The van der Waals surface area contributed by atoms with E-state index in [0.717, 1.165) is 37.5 Å². The van der Waals surface area contributed by atoms with Crippen LogP contribution in [0.15, 0.2) is 0 Å². The summed E-state index contributed by atoms with van der Waals surface area (Å²) in [6.45, 7) is 12.0. The molecule has 50 heavy (non-hydrogen) atoms. The number of unbranched alkanes of at least 4 members (excludes halogenated alkanes) is 22. The van der Waals surface area contributed by atoms with Crippen LogP contribution >= 0.6 is 0 Å². The predicted molar refractivity (Wildman–Crippen MR) is 198 cm³/mol. The fourth-order valence-corrected chi connectivity index (χ4v) is 5.18. The fraction of sp³-hybridized carbons (Fsp3) is 0.927. The standard InChI is InChI=1S/2C18H36O2.C3H7O.C2H5NO2.Ti/c2*1-17(2)15-13-11-9-7-5-3-4-6-8-10-12-14-16-18(19)20;1-3(2)4;3-1-2(4)5;/h2*17H,3-16H2,1-2H3,(H,19,20);3H,1-2H3;1,3H2,(H,4,5);/q;;-1;;+4/p-3. The Morgan fingerprint density at radius 3 is 0.700 bits per heavy atom. The zero-order valence-electron chi connectivity index (χ0n) is 33.7.